The Morgan fingerprint density at radius 3 is 1.87 bits per heavy atom. The van der Waals surface area contributed by atoms with Gasteiger partial charge in [0.15, 0.2) is 13.2 Å². The lowest BCUT2D eigenvalue weighted by Gasteiger charge is -2.57. The minimum Gasteiger partial charge on any atom is -0.484 e. The summed E-state index contributed by atoms with van der Waals surface area (Å²) in [7, 11) is 0. The number of esters is 1. The molecule has 0 aromatic heterocycles. The summed E-state index contributed by atoms with van der Waals surface area (Å²) in [6, 6.07) is 7.69. The Hall–Kier alpha value is -3.15. The molecule has 3 aliphatic carbocycles. The van der Waals surface area contributed by atoms with E-state index in [9.17, 15) is 23.2 Å². The molecule has 0 aliphatic heterocycles. The van der Waals surface area contributed by atoms with Crippen LogP contribution in [0, 0.1) is 11.6 Å². The van der Waals surface area contributed by atoms with Gasteiger partial charge in [-0.3, -0.25) is 14.4 Å². The molecule has 0 radical (unpaired) electrons. The van der Waals surface area contributed by atoms with Gasteiger partial charge in [-0.25, -0.2) is 8.78 Å². The molecule has 3 saturated carbocycles. The molecule has 13 heteroatoms. The Morgan fingerprint density at radius 1 is 0.872 bits per heavy atom. The normalized spacial score (nSPS) is 23.6. The van der Waals surface area contributed by atoms with Gasteiger partial charge in [0.25, 0.3) is 11.8 Å². The van der Waals surface area contributed by atoms with Crippen LogP contribution in [0.3, 0.4) is 0 Å². The van der Waals surface area contributed by atoms with Crippen LogP contribution < -0.4 is 25.8 Å². The number of hydrogen-bond donors (Lipinski definition) is 3. The van der Waals surface area contributed by atoms with Gasteiger partial charge >= 0.3 is 5.97 Å². The van der Waals surface area contributed by atoms with Crippen molar-refractivity contribution in [1.82, 2.24) is 10.6 Å². The number of nitrogens with two attached hydrogens (primary N) is 1. The molecule has 0 spiro atoms. The highest BCUT2D eigenvalue weighted by atomic mass is 35.5. The lowest BCUT2D eigenvalue weighted by Crippen LogP contribution is -2.71. The fraction of sp³-hybridized carbons (Fsp3) is 0.423. The second-order valence-corrected chi connectivity index (χ2v) is 10.5. The van der Waals surface area contributed by atoms with Crippen molar-refractivity contribution in [2.45, 2.75) is 49.3 Å². The van der Waals surface area contributed by atoms with E-state index < -0.39 is 53.2 Å². The summed E-state index contributed by atoms with van der Waals surface area (Å²) < 4.78 is 43.7. The van der Waals surface area contributed by atoms with Gasteiger partial charge in [0, 0.05) is 24.1 Å². The number of benzene rings is 2. The fourth-order valence-electron chi connectivity index (χ4n) is 5.07. The van der Waals surface area contributed by atoms with Gasteiger partial charge in [-0.2, -0.15) is 0 Å². The van der Waals surface area contributed by atoms with Gasteiger partial charge < -0.3 is 30.6 Å². The molecule has 210 valence electrons. The second kappa shape index (κ2) is 11.9. The van der Waals surface area contributed by atoms with Crippen molar-refractivity contribution in [3.63, 3.8) is 0 Å². The third kappa shape index (κ3) is 6.90. The van der Waals surface area contributed by atoms with Gasteiger partial charge in [-0.05, 0) is 49.9 Å². The van der Waals surface area contributed by atoms with Crippen molar-refractivity contribution < 1.29 is 37.4 Å². The summed E-state index contributed by atoms with van der Waals surface area (Å²) in [5.74, 6) is -2.63. The number of hydrogen-bond acceptors (Lipinski definition) is 7. The highest BCUT2D eigenvalue weighted by molar-refractivity contribution is 6.31. The first-order chi connectivity index (χ1) is 18.5. The van der Waals surface area contributed by atoms with Crippen molar-refractivity contribution in [2.24, 2.45) is 5.73 Å². The Bertz CT molecular complexity index is 1260. The summed E-state index contributed by atoms with van der Waals surface area (Å²) in [5.41, 5.74) is 3.86. The van der Waals surface area contributed by atoms with E-state index in [1.54, 1.807) is 0 Å². The molecule has 5 rings (SSSR count). The number of nitrogens with one attached hydrogen (secondary N) is 2. The Morgan fingerprint density at radius 2 is 1.38 bits per heavy atom. The number of ether oxygens (including phenoxy) is 3. The quantitative estimate of drug-likeness (QED) is 0.365. The second-order valence-electron chi connectivity index (χ2n) is 9.65. The molecule has 0 heterocycles. The SMILES string of the molecule is NCC(=O)OC1CC2(NC(=O)COc3ccc(Cl)c(F)c3)CCC1(NC(=O)COc1ccc(Cl)c(F)c1)CC2. The van der Waals surface area contributed by atoms with Crippen molar-refractivity contribution in [3.8, 4) is 11.5 Å². The monoisotopic (exact) mass is 585 g/mol. The van der Waals surface area contributed by atoms with E-state index in [0.717, 1.165) is 12.1 Å². The molecule has 0 saturated heterocycles. The number of fused-ring (bicyclic) bond motifs is 3. The molecule has 1 atom stereocenters. The number of carbonyl (C=O) groups is 3. The smallest absolute Gasteiger partial charge is 0.320 e. The summed E-state index contributed by atoms with van der Waals surface area (Å²) in [6.45, 7) is -1.11. The minimum absolute atomic E-state index is 0.0609. The van der Waals surface area contributed by atoms with Crippen LogP contribution in [0.4, 0.5) is 8.78 Å². The average Bonchev–Trinajstić information content (AvgIpc) is 2.91. The van der Waals surface area contributed by atoms with Crippen LogP contribution in [0.15, 0.2) is 36.4 Å². The predicted molar refractivity (Wildman–Crippen MR) is 138 cm³/mol. The van der Waals surface area contributed by atoms with Crippen molar-refractivity contribution >= 4 is 41.0 Å². The molecule has 2 bridgehead atoms. The third-order valence-electron chi connectivity index (χ3n) is 7.05. The highest BCUT2D eigenvalue weighted by Gasteiger charge is 2.57. The van der Waals surface area contributed by atoms with E-state index in [1.807, 2.05) is 0 Å². The van der Waals surface area contributed by atoms with Crippen LogP contribution in [0.5, 0.6) is 11.5 Å². The zero-order valence-electron chi connectivity index (χ0n) is 20.7. The first-order valence-electron chi connectivity index (χ1n) is 12.2. The number of carbonyl (C=O) groups excluding carboxylic acids is 3. The number of halogens is 4. The van der Waals surface area contributed by atoms with Gasteiger partial charge in [0.2, 0.25) is 0 Å². The lowest BCUT2D eigenvalue weighted by molar-refractivity contribution is -0.165. The molecule has 39 heavy (non-hydrogen) atoms. The van der Waals surface area contributed by atoms with Crippen LogP contribution >= 0.6 is 23.2 Å². The van der Waals surface area contributed by atoms with E-state index in [1.165, 1.54) is 24.3 Å². The predicted octanol–water partition coefficient (Wildman–Crippen LogP) is 3.29. The van der Waals surface area contributed by atoms with Crippen molar-refractivity contribution in [1.29, 1.82) is 0 Å². The van der Waals surface area contributed by atoms with E-state index in [-0.39, 0.29) is 41.1 Å². The van der Waals surface area contributed by atoms with Gasteiger partial charge in [-0.1, -0.05) is 23.2 Å². The Kier molecular flexibility index (Phi) is 8.83. The molecule has 4 N–H and O–H groups in total. The first-order valence-corrected chi connectivity index (χ1v) is 13.0. The van der Waals surface area contributed by atoms with E-state index in [2.05, 4.69) is 10.6 Å². The summed E-state index contributed by atoms with van der Waals surface area (Å²) in [5, 5.41) is 5.78. The minimum atomic E-state index is -0.889. The summed E-state index contributed by atoms with van der Waals surface area (Å²) >= 11 is 11.3. The number of amides is 2. The Labute approximate surface area is 233 Å². The summed E-state index contributed by atoms with van der Waals surface area (Å²) in [4.78, 5) is 37.6. The molecule has 2 aromatic rings. The Balaban J connectivity index is 1.38. The maximum atomic E-state index is 13.7. The molecule has 9 nitrogen and oxygen atoms in total. The van der Waals surface area contributed by atoms with E-state index in [4.69, 9.17) is 43.1 Å². The van der Waals surface area contributed by atoms with E-state index in [0.29, 0.717) is 25.7 Å². The maximum Gasteiger partial charge on any atom is 0.320 e. The standard InChI is InChI=1S/C26H27Cl2F2N3O6/c27-17-3-1-15(9-19(17)29)37-13-22(34)32-25-5-7-26(8-6-25,21(11-25)39-24(36)12-31)33-23(35)14-38-16-2-4-18(28)20(30)10-16/h1-4,9-10,21H,5-8,11-14,31H2,(H,32,34)(H,33,35). The zero-order chi connectivity index (χ0) is 28.2. The van der Waals surface area contributed by atoms with Crippen molar-refractivity contribution in [2.75, 3.05) is 19.8 Å². The molecule has 2 aromatic carbocycles. The third-order valence-corrected chi connectivity index (χ3v) is 7.66. The largest absolute Gasteiger partial charge is 0.484 e. The van der Waals surface area contributed by atoms with Crippen LogP contribution in [-0.2, 0) is 19.1 Å². The van der Waals surface area contributed by atoms with Gasteiger partial charge in [0.1, 0.15) is 29.2 Å². The number of rotatable bonds is 10. The molecular weight excluding hydrogens is 559 g/mol. The molecule has 3 aliphatic rings. The van der Waals surface area contributed by atoms with Crippen LogP contribution in [-0.4, -0.2) is 54.7 Å². The fourth-order valence-corrected chi connectivity index (χ4v) is 5.31. The molecule has 3 fully saturated rings. The van der Waals surface area contributed by atoms with Crippen LogP contribution in [0.2, 0.25) is 10.0 Å². The average molecular weight is 586 g/mol. The maximum absolute atomic E-state index is 13.7. The van der Waals surface area contributed by atoms with E-state index >= 15 is 0 Å². The van der Waals surface area contributed by atoms with Crippen LogP contribution in [0.1, 0.15) is 32.1 Å². The van der Waals surface area contributed by atoms with Crippen molar-refractivity contribution in [3.05, 3.63) is 58.1 Å². The summed E-state index contributed by atoms with van der Waals surface area (Å²) in [6.07, 6.45) is 1.27. The molecule has 1 unspecified atom stereocenters. The molecular formula is C26H27Cl2F2N3O6. The lowest BCUT2D eigenvalue weighted by atomic mass is 9.59. The van der Waals surface area contributed by atoms with Gasteiger partial charge in [0.05, 0.1) is 22.1 Å². The van der Waals surface area contributed by atoms with Gasteiger partial charge in [-0.15, -0.1) is 0 Å². The van der Waals surface area contributed by atoms with Crippen LogP contribution in [0.25, 0.3) is 0 Å². The topological polar surface area (TPSA) is 129 Å². The highest BCUT2D eigenvalue weighted by Crippen LogP contribution is 2.48. The zero-order valence-corrected chi connectivity index (χ0v) is 22.2. The molecule has 2 amide bonds. The first kappa shape index (κ1) is 28.8.